The molecule has 0 heterocycles. The van der Waals surface area contributed by atoms with Crippen LogP contribution in [0.5, 0.6) is 11.5 Å². The SMILES string of the molecule is CCCCNC(=O)[C@H](Cc1ccccc1)N(Cc1ccccc1)C(=O)CN(c1ccccc1)S(=O)(=O)c1ccc(OC)c(OC)c1. The van der Waals surface area contributed by atoms with E-state index in [9.17, 15) is 18.0 Å². The largest absolute Gasteiger partial charge is 0.493 e. The van der Waals surface area contributed by atoms with Crippen molar-refractivity contribution >= 4 is 27.5 Å². The van der Waals surface area contributed by atoms with Gasteiger partial charge in [0.25, 0.3) is 10.0 Å². The van der Waals surface area contributed by atoms with Gasteiger partial charge in [-0.2, -0.15) is 0 Å². The van der Waals surface area contributed by atoms with E-state index in [1.807, 2.05) is 67.6 Å². The summed E-state index contributed by atoms with van der Waals surface area (Å²) in [5, 5.41) is 3.00. The highest BCUT2D eigenvalue weighted by atomic mass is 32.2. The summed E-state index contributed by atoms with van der Waals surface area (Å²) in [5.41, 5.74) is 1.99. The number of carbonyl (C=O) groups is 2. The van der Waals surface area contributed by atoms with Crippen molar-refractivity contribution in [3.63, 3.8) is 0 Å². The summed E-state index contributed by atoms with van der Waals surface area (Å²) >= 11 is 0. The molecule has 0 bridgehead atoms. The number of ether oxygens (including phenoxy) is 2. The third-order valence-corrected chi connectivity index (χ3v) is 9.33. The molecule has 0 aliphatic heterocycles. The molecule has 0 radical (unpaired) electrons. The van der Waals surface area contributed by atoms with Gasteiger partial charge >= 0.3 is 0 Å². The molecule has 1 N–H and O–H groups in total. The highest BCUT2D eigenvalue weighted by molar-refractivity contribution is 7.92. The molecule has 1 atom stereocenters. The van der Waals surface area contributed by atoms with Crippen molar-refractivity contribution in [1.82, 2.24) is 10.2 Å². The van der Waals surface area contributed by atoms with Crippen molar-refractivity contribution in [1.29, 1.82) is 0 Å². The second-order valence-electron chi connectivity index (χ2n) is 10.7. The third kappa shape index (κ3) is 8.66. The van der Waals surface area contributed by atoms with Gasteiger partial charge in [0.2, 0.25) is 11.8 Å². The maximum Gasteiger partial charge on any atom is 0.264 e. The number of benzene rings is 4. The van der Waals surface area contributed by atoms with E-state index in [4.69, 9.17) is 9.47 Å². The first-order valence-corrected chi connectivity index (χ1v) is 16.7. The molecule has 2 amide bonds. The lowest BCUT2D eigenvalue weighted by molar-refractivity contribution is -0.140. The molecule has 0 spiro atoms. The van der Waals surface area contributed by atoms with Crippen LogP contribution < -0.4 is 19.1 Å². The molecule has 46 heavy (non-hydrogen) atoms. The van der Waals surface area contributed by atoms with Gasteiger partial charge < -0.3 is 19.7 Å². The zero-order valence-corrected chi connectivity index (χ0v) is 27.3. The number of amides is 2. The number of sulfonamides is 1. The van der Waals surface area contributed by atoms with E-state index in [0.29, 0.717) is 18.0 Å². The van der Waals surface area contributed by atoms with Crippen molar-refractivity contribution < 1.29 is 27.5 Å². The molecule has 10 heteroatoms. The maximum absolute atomic E-state index is 14.5. The average Bonchev–Trinajstić information content (AvgIpc) is 3.09. The van der Waals surface area contributed by atoms with Crippen molar-refractivity contribution in [2.75, 3.05) is 31.6 Å². The number of nitrogens with one attached hydrogen (secondary N) is 1. The Bertz CT molecular complexity index is 1670. The monoisotopic (exact) mass is 643 g/mol. The molecule has 9 nitrogen and oxygen atoms in total. The van der Waals surface area contributed by atoms with Gasteiger partial charge in [-0.15, -0.1) is 0 Å². The normalized spacial score (nSPS) is 11.7. The number of nitrogens with zero attached hydrogens (tertiary/aromatic N) is 2. The molecule has 0 unspecified atom stereocenters. The first kappa shape index (κ1) is 34.1. The predicted octanol–water partition coefficient (Wildman–Crippen LogP) is 5.46. The van der Waals surface area contributed by atoms with Gasteiger partial charge in [0.1, 0.15) is 12.6 Å². The second-order valence-corrected chi connectivity index (χ2v) is 12.6. The number of hydrogen-bond acceptors (Lipinski definition) is 6. The van der Waals surface area contributed by atoms with Crippen LogP contribution in [0.2, 0.25) is 0 Å². The van der Waals surface area contributed by atoms with E-state index in [0.717, 1.165) is 28.3 Å². The van der Waals surface area contributed by atoms with Crippen LogP contribution in [0.25, 0.3) is 0 Å². The Balaban J connectivity index is 1.78. The van der Waals surface area contributed by atoms with Crippen LogP contribution in [0.4, 0.5) is 5.69 Å². The number of hydrogen-bond donors (Lipinski definition) is 1. The summed E-state index contributed by atoms with van der Waals surface area (Å²) in [5.74, 6) is -0.213. The van der Waals surface area contributed by atoms with Crippen LogP contribution in [-0.2, 0) is 32.6 Å². The minimum absolute atomic E-state index is 0.0745. The summed E-state index contributed by atoms with van der Waals surface area (Å²) in [6, 6.07) is 30.7. The molecule has 242 valence electrons. The van der Waals surface area contributed by atoms with Crippen molar-refractivity contribution in [2.45, 2.75) is 43.7 Å². The van der Waals surface area contributed by atoms with E-state index in [2.05, 4.69) is 5.32 Å². The van der Waals surface area contributed by atoms with Gasteiger partial charge in [0.15, 0.2) is 11.5 Å². The van der Waals surface area contributed by atoms with Crippen LogP contribution >= 0.6 is 0 Å². The van der Waals surface area contributed by atoms with Crippen LogP contribution in [0, 0.1) is 0 Å². The number of rotatable bonds is 16. The van der Waals surface area contributed by atoms with Gasteiger partial charge in [-0.3, -0.25) is 13.9 Å². The summed E-state index contributed by atoms with van der Waals surface area (Å²) in [6.07, 6.45) is 1.95. The molecule has 0 fully saturated rings. The molecule has 4 rings (SSSR count). The fourth-order valence-corrected chi connectivity index (χ4v) is 6.50. The highest BCUT2D eigenvalue weighted by Gasteiger charge is 2.35. The van der Waals surface area contributed by atoms with Gasteiger partial charge in [-0.05, 0) is 41.8 Å². The fourth-order valence-electron chi connectivity index (χ4n) is 5.07. The molecule has 0 saturated heterocycles. The molecule has 0 aromatic heterocycles. The molecule has 0 saturated carbocycles. The topological polar surface area (TPSA) is 105 Å². The lowest BCUT2D eigenvalue weighted by atomic mass is 10.0. The number of anilines is 1. The first-order valence-electron chi connectivity index (χ1n) is 15.2. The minimum Gasteiger partial charge on any atom is -0.493 e. The summed E-state index contributed by atoms with van der Waals surface area (Å²) in [4.78, 5) is 29.7. The first-order chi connectivity index (χ1) is 22.3. The number of unbranched alkanes of at least 4 members (excludes halogenated alkanes) is 1. The van der Waals surface area contributed by atoms with E-state index in [1.54, 1.807) is 30.3 Å². The molecule has 4 aromatic rings. The Kier molecular flexibility index (Phi) is 12.2. The van der Waals surface area contributed by atoms with Gasteiger partial charge in [0.05, 0.1) is 24.8 Å². The molecule has 0 aliphatic rings. The summed E-state index contributed by atoms with van der Waals surface area (Å²) in [6.45, 7) is 2.08. The van der Waals surface area contributed by atoms with Crippen molar-refractivity contribution in [2.24, 2.45) is 0 Å². The maximum atomic E-state index is 14.5. The lowest BCUT2D eigenvalue weighted by Crippen LogP contribution is -2.53. The van der Waals surface area contributed by atoms with Crippen molar-refractivity contribution in [3.05, 3.63) is 120 Å². The summed E-state index contributed by atoms with van der Waals surface area (Å²) < 4.78 is 40.3. The fraction of sp³-hybridized carbons (Fsp3) is 0.278. The molecule has 4 aromatic carbocycles. The second kappa shape index (κ2) is 16.5. The molecule has 0 aliphatic carbocycles. The predicted molar refractivity (Wildman–Crippen MR) is 179 cm³/mol. The Hall–Kier alpha value is -4.83. The van der Waals surface area contributed by atoms with Gasteiger partial charge in [-0.1, -0.05) is 92.2 Å². The average molecular weight is 644 g/mol. The van der Waals surface area contributed by atoms with E-state index >= 15 is 0 Å². The van der Waals surface area contributed by atoms with E-state index in [1.165, 1.54) is 37.3 Å². The Morgan fingerprint density at radius 3 is 1.96 bits per heavy atom. The van der Waals surface area contributed by atoms with Crippen molar-refractivity contribution in [3.8, 4) is 11.5 Å². The quantitative estimate of drug-likeness (QED) is 0.163. The zero-order chi connectivity index (χ0) is 32.9. The molecular formula is C36H41N3O6S. The van der Waals surface area contributed by atoms with E-state index < -0.39 is 28.5 Å². The Labute approximate surface area is 271 Å². The Morgan fingerprint density at radius 2 is 1.37 bits per heavy atom. The zero-order valence-electron chi connectivity index (χ0n) is 26.5. The molecular weight excluding hydrogens is 602 g/mol. The highest BCUT2D eigenvalue weighted by Crippen LogP contribution is 2.32. The Morgan fingerprint density at radius 1 is 0.783 bits per heavy atom. The van der Waals surface area contributed by atoms with Crippen LogP contribution in [0.1, 0.15) is 30.9 Å². The van der Waals surface area contributed by atoms with E-state index in [-0.39, 0.29) is 29.5 Å². The number of para-hydroxylation sites is 1. The van der Waals surface area contributed by atoms with Crippen LogP contribution in [-0.4, -0.2) is 58.5 Å². The number of carbonyl (C=O) groups excluding carboxylic acids is 2. The van der Waals surface area contributed by atoms with Gasteiger partial charge in [-0.25, -0.2) is 8.42 Å². The number of methoxy groups -OCH3 is 2. The standard InChI is InChI=1S/C36H41N3O6S/c1-4-5-23-37-36(41)32(24-28-15-9-6-10-16-28)38(26-29-17-11-7-12-18-29)35(40)27-39(30-19-13-8-14-20-30)46(42,43)31-21-22-33(44-2)34(25-31)45-3/h6-22,25,32H,4-5,23-24,26-27H2,1-3H3,(H,37,41)/t32-/m0/s1. The third-order valence-electron chi connectivity index (χ3n) is 7.56. The minimum atomic E-state index is -4.29. The summed E-state index contributed by atoms with van der Waals surface area (Å²) in [7, 11) is -1.40. The van der Waals surface area contributed by atoms with Crippen LogP contribution in [0.15, 0.2) is 114 Å². The smallest absolute Gasteiger partial charge is 0.264 e. The van der Waals surface area contributed by atoms with Gasteiger partial charge in [0, 0.05) is 25.6 Å². The lowest BCUT2D eigenvalue weighted by Gasteiger charge is -2.34. The van der Waals surface area contributed by atoms with Crippen LogP contribution in [0.3, 0.4) is 0 Å².